The van der Waals surface area contributed by atoms with Gasteiger partial charge in [0.25, 0.3) is 0 Å². The Labute approximate surface area is 408 Å². The molecule has 0 amide bonds. The van der Waals surface area contributed by atoms with Crippen LogP contribution in [0.15, 0.2) is 109 Å². The maximum atomic E-state index is 12.8. The Morgan fingerprint density at radius 1 is 0.348 bits per heavy atom. The number of hydrogen-bond donors (Lipinski definition) is 0. The van der Waals surface area contributed by atoms with Crippen molar-refractivity contribution in [2.24, 2.45) is 0 Å². The van der Waals surface area contributed by atoms with Gasteiger partial charge in [-0.1, -0.05) is 226 Å². The van der Waals surface area contributed by atoms with Gasteiger partial charge in [-0.3, -0.25) is 9.59 Å². The molecule has 0 aromatic carbocycles. The summed E-state index contributed by atoms with van der Waals surface area (Å²) in [6.07, 6.45) is 76.9. The lowest BCUT2D eigenvalue weighted by Gasteiger charge is -2.18. The van der Waals surface area contributed by atoms with E-state index in [-0.39, 0.29) is 31.6 Å². The first kappa shape index (κ1) is 62.6. The van der Waals surface area contributed by atoms with E-state index in [4.69, 9.17) is 14.2 Å². The largest absolute Gasteiger partial charge is 0.462 e. The van der Waals surface area contributed by atoms with Gasteiger partial charge in [0.1, 0.15) is 6.61 Å². The van der Waals surface area contributed by atoms with Crippen molar-refractivity contribution in [2.45, 2.75) is 245 Å². The van der Waals surface area contributed by atoms with Crippen LogP contribution in [0.3, 0.4) is 0 Å². The maximum absolute atomic E-state index is 12.8. The minimum atomic E-state index is -0.592. The number of esters is 2. The minimum absolute atomic E-state index is 0.0424. The van der Waals surface area contributed by atoms with Gasteiger partial charge in [-0.05, 0) is 109 Å². The Kier molecular flexibility index (Phi) is 53.0. The van der Waals surface area contributed by atoms with Crippen molar-refractivity contribution in [3.05, 3.63) is 109 Å². The number of unbranched alkanes of at least 4 members (excludes halogenated alkanes) is 20. The van der Waals surface area contributed by atoms with Gasteiger partial charge >= 0.3 is 11.9 Å². The van der Waals surface area contributed by atoms with E-state index in [1.807, 2.05) is 6.08 Å². The molecule has 66 heavy (non-hydrogen) atoms. The normalized spacial score (nSPS) is 13.1. The van der Waals surface area contributed by atoms with Crippen LogP contribution in [0.2, 0.25) is 0 Å². The van der Waals surface area contributed by atoms with E-state index in [0.717, 1.165) is 89.9 Å². The van der Waals surface area contributed by atoms with Crippen molar-refractivity contribution in [1.29, 1.82) is 0 Å². The third-order valence-corrected chi connectivity index (χ3v) is 11.3. The average Bonchev–Trinajstić information content (AvgIpc) is 3.32. The molecule has 0 heterocycles. The summed E-state index contributed by atoms with van der Waals surface area (Å²) in [5.74, 6) is -0.506. The molecule has 0 aromatic rings. The molecule has 1 atom stereocenters. The van der Waals surface area contributed by atoms with Gasteiger partial charge in [0.15, 0.2) is 6.10 Å². The molecule has 0 aliphatic carbocycles. The molecule has 0 saturated carbocycles. The van der Waals surface area contributed by atoms with Crippen molar-refractivity contribution in [2.75, 3.05) is 19.8 Å². The highest BCUT2D eigenvalue weighted by molar-refractivity contribution is 5.70. The van der Waals surface area contributed by atoms with E-state index < -0.39 is 6.10 Å². The molecule has 0 aliphatic rings. The summed E-state index contributed by atoms with van der Waals surface area (Å²) < 4.78 is 17.3. The lowest BCUT2D eigenvalue weighted by atomic mass is 10.1. The van der Waals surface area contributed by atoms with E-state index in [9.17, 15) is 9.59 Å². The van der Waals surface area contributed by atoms with Gasteiger partial charge in [0.05, 0.1) is 6.61 Å². The van der Waals surface area contributed by atoms with Crippen molar-refractivity contribution in [3.8, 4) is 0 Å². The van der Waals surface area contributed by atoms with E-state index in [1.165, 1.54) is 109 Å². The molecule has 1 unspecified atom stereocenters. The van der Waals surface area contributed by atoms with Gasteiger partial charge in [-0.25, -0.2) is 0 Å². The minimum Gasteiger partial charge on any atom is -0.462 e. The van der Waals surface area contributed by atoms with E-state index >= 15 is 0 Å². The number of ether oxygens (including phenoxy) is 3. The second kappa shape index (κ2) is 55.9. The number of hydrogen-bond acceptors (Lipinski definition) is 5. The smallest absolute Gasteiger partial charge is 0.306 e. The standard InChI is InChI=1S/C61H102O5/c1-4-7-10-13-16-19-22-25-27-29-31-32-34-37-39-42-45-48-51-54-60(62)65-58-59(66-61(63)55-52-49-46-43-40-36-24-21-18-15-12-9-6-3)57-64-56-53-50-47-44-41-38-35-33-30-28-26-23-20-17-14-11-8-5-2/h8-9,11-12,17-18,20-21,25-28,33,35-36,40,46,49,59H,4-7,10,13-16,19,22-24,29-32,34,37-39,41-45,47-48,50-58H2,1-3H3/b11-8-,12-9-,20-17-,21-18-,27-25-,28-26-,35-33-,40-36-,49-46-. The van der Waals surface area contributed by atoms with Crippen LogP contribution in [0.4, 0.5) is 0 Å². The molecule has 0 N–H and O–H groups in total. The molecule has 0 bridgehead atoms. The van der Waals surface area contributed by atoms with Crippen LogP contribution in [-0.4, -0.2) is 37.9 Å². The lowest BCUT2D eigenvalue weighted by molar-refractivity contribution is -0.162. The van der Waals surface area contributed by atoms with Gasteiger partial charge < -0.3 is 14.2 Å². The summed E-state index contributed by atoms with van der Waals surface area (Å²) >= 11 is 0. The van der Waals surface area contributed by atoms with Crippen molar-refractivity contribution >= 4 is 11.9 Å². The van der Waals surface area contributed by atoms with Crippen LogP contribution >= 0.6 is 0 Å². The summed E-state index contributed by atoms with van der Waals surface area (Å²) in [4.78, 5) is 25.4. The fraction of sp³-hybridized carbons (Fsp3) is 0.672. The van der Waals surface area contributed by atoms with Crippen LogP contribution in [-0.2, 0) is 23.8 Å². The summed E-state index contributed by atoms with van der Waals surface area (Å²) in [7, 11) is 0. The number of carbonyl (C=O) groups excluding carboxylic acids is 2. The van der Waals surface area contributed by atoms with E-state index in [2.05, 4.69) is 124 Å². The molecule has 0 aliphatic heterocycles. The highest BCUT2D eigenvalue weighted by Gasteiger charge is 2.17. The molecule has 0 saturated heterocycles. The summed E-state index contributed by atoms with van der Waals surface area (Å²) in [5, 5.41) is 0. The molecule has 376 valence electrons. The Balaban J connectivity index is 4.36. The van der Waals surface area contributed by atoms with Crippen molar-refractivity contribution in [3.63, 3.8) is 0 Å². The Bertz CT molecular complexity index is 1310. The first-order valence-corrected chi connectivity index (χ1v) is 27.4. The molecule has 0 radical (unpaired) electrons. The number of rotatable bonds is 49. The Morgan fingerprint density at radius 3 is 1.17 bits per heavy atom. The predicted octanol–water partition coefficient (Wildman–Crippen LogP) is 18.8. The Hall–Kier alpha value is -3.44. The van der Waals surface area contributed by atoms with Crippen LogP contribution in [0, 0.1) is 0 Å². The van der Waals surface area contributed by atoms with Gasteiger partial charge in [-0.15, -0.1) is 0 Å². The molecule has 0 aromatic heterocycles. The Morgan fingerprint density at radius 2 is 0.712 bits per heavy atom. The number of allylic oxidation sites excluding steroid dienone is 18. The van der Waals surface area contributed by atoms with E-state index in [1.54, 1.807) is 0 Å². The predicted molar refractivity (Wildman–Crippen MR) is 288 cm³/mol. The zero-order valence-corrected chi connectivity index (χ0v) is 43.2. The van der Waals surface area contributed by atoms with Gasteiger partial charge in [0.2, 0.25) is 0 Å². The highest BCUT2D eigenvalue weighted by atomic mass is 16.6. The van der Waals surface area contributed by atoms with Crippen LogP contribution < -0.4 is 0 Å². The monoisotopic (exact) mass is 915 g/mol. The second-order valence-corrected chi connectivity index (χ2v) is 17.7. The average molecular weight is 915 g/mol. The zero-order chi connectivity index (χ0) is 47.7. The summed E-state index contributed by atoms with van der Waals surface area (Å²) in [6, 6.07) is 0. The third kappa shape index (κ3) is 53.2. The molecular formula is C61H102O5. The molecule has 5 heteroatoms. The van der Waals surface area contributed by atoms with Crippen molar-refractivity contribution < 1.29 is 23.8 Å². The molecular weight excluding hydrogens is 813 g/mol. The van der Waals surface area contributed by atoms with E-state index in [0.29, 0.717) is 19.4 Å². The molecule has 5 nitrogen and oxygen atoms in total. The fourth-order valence-electron chi connectivity index (χ4n) is 7.27. The van der Waals surface area contributed by atoms with Crippen LogP contribution in [0.5, 0.6) is 0 Å². The highest BCUT2D eigenvalue weighted by Crippen LogP contribution is 2.14. The van der Waals surface area contributed by atoms with Crippen molar-refractivity contribution in [1.82, 2.24) is 0 Å². The zero-order valence-electron chi connectivity index (χ0n) is 43.2. The lowest BCUT2D eigenvalue weighted by Crippen LogP contribution is -2.30. The SMILES string of the molecule is CC/C=C\C/C=C\C/C=C\C/C=C\CCCCCCCOCC(COC(=O)CCCCCCCCCCC/C=C\CCCCCCCC)OC(=O)CC/C=C\C/C=C\C/C=C\C/C=C\CC. The maximum Gasteiger partial charge on any atom is 0.306 e. The fourth-order valence-corrected chi connectivity index (χ4v) is 7.27. The summed E-state index contributed by atoms with van der Waals surface area (Å²) in [5.41, 5.74) is 0. The molecule has 0 fully saturated rings. The van der Waals surface area contributed by atoms with Crippen LogP contribution in [0.25, 0.3) is 0 Å². The topological polar surface area (TPSA) is 61.8 Å². The first-order valence-electron chi connectivity index (χ1n) is 27.4. The summed E-state index contributed by atoms with van der Waals surface area (Å²) in [6.45, 7) is 7.48. The first-order chi connectivity index (χ1) is 32.6. The van der Waals surface area contributed by atoms with Crippen LogP contribution in [0.1, 0.15) is 239 Å². The quantitative estimate of drug-likeness (QED) is 0.0346. The van der Waals surface area contributed by atoms with Gasteiger partial charge in [0, 0.05) is 19.4 Å². The number of carbonyl (C=O) groups is 2. The second-order valence-electron chi connectivity index (χ2n) is 17.7. The third-order valence-electron chi connectivity index (χ3n) is 11.3. The molecule has 0 rings (SSSR count). The van der Waals surface area contributed by atoms with Gasteiger partial charge in [-0.2, -0.15) is 0 Å². The molecule has 0 spiro atoms.